The largest absolute Gasteiger partial charge is 0.451 e. The highest BCUT2D eigenvalue weighted by Gasteiger charge is 2.36. The van der Waals surface area contributed by atoms with Gasteiger partial charge >= 0.3 is 6.18 Å². The van der Waals surface area contributed by atoms with Crippen molar-refractivity contribution in [3.05, 3.63) is 71.5 Å². The molecule has 6 nitrogen and oxygen atoms in total. The Hall–Kier alpha value is -3.49. The number of hydrogen-bond acceptors (Lipinski definition) is 5. The van der Waals surface area contributed by atoms with Crippen LogP contribution in [0.25, 0.3) is 11.2 Å². The average Bonchev–Trinajstić information content (AvgIpc) is 3.11. The Morgan fingerprint density at radius 3 is 2.41 bits per heavy atom. The van der Waals surface area contributed by atoms with Crippen LogP contribution in [0, 0.1) is 0 Å². The molecule has 29 heavy (non-hydrogen) atoms. The van der Waals surface area contributed by atoms with Gasteiger partial charge in [0.2, 0.25) is 5.82 Å². The van der Waals surface area contributed by atoms with Crippen LogP contribution in [-0.2, 0) is 19.1 Å². The van der Waals surface area contributed by atoms with Crippen LogP contribution in [0.1, 0.15) is 23.9 Å². The lowest BCUT2D eigenvalue weighted by Gasteiger charge is -2.12. The first-order chi connectivity index (χ1) is 14.0. The number of aryl methyl sites for hydroxylation is 1. The van der Waals surface area contributed by atoms with Crippen LogP contribution in [0.3, 0.4) is 0 Å². The third-order valence-corrected chi connectivity index (χ3v) is 4.44. The number of nitrogens with one attached hydrogen (secondary N) is 1. The highest BCUT2D eigenvalue weighted by atomic mass is 19.4. The molecule has 148 valence electrons. The Bertz CT molecular complexity index is 1140. The van der Waals surface area contributed by atoms with Crippen LogP contribution in [0.2, 0.25) is 0 Å². The van der Waals surface area contributed by atoms with Gasteiger partial charge in [-0.3, -0.25) is 0 Å². The lowest BCUT2D eigenvalue weighted by Crippen LogP contribution is -2.14. The fraction of sp³-hybridized carbons (Fsp3) is 0.200. The number of para-hydroxylation sites is 1. The van der Waals surface area contributed by atoms with Gasteiger partial charge in [0, 0.05) is 5.69 Å². The molecule has 0 aliphatic rings. The van der Waals surface area contributed by atoms with E-state index >= 15 is 0 Å². The topological polar surface area (TPSA) is 68.5 Å². The normalized spacial score (nSPS) is 11.7. The second-order valence-electron chi connectivity index (χ2n) is 6.43. The zero-order chi connectivity index (χ0) is 20.4. The predicted molar refractivity (Wildman–Crippen MR) is 103 cm³/mol. The number of alkyl halides is 3. The van der Waals surface area contributed by atoms with E-state index in [0.717, 1.165) is 11.1 Å². The second kappa shape index (κ2) is 7.50. The maximum Gasteiger partial charge on any atom is 0.451 e. The van der Waals surface area contributed by atoms with Crippen molar-refractivity contribution < 1.29 is 13.2 Å². The van der Waals surface area contributed by atoms with Crippen LogP contribution in [0.15, 0.2) is 54.6 Å². The third-order valence-electron chi connectivity index (χ3n) is 4.44. The quantitative estimate of drug-likeness (QED) is 0.532. The molecule has 2 aromatic carbocycles. The van der Waals surface area contributed by atoms with Crippen molar-refractivity contribution in [3.63, 3.8) is 0 Å². The molecule has 0 spiro atoms. The van der Waals surface area contributed by atoms with E-state index in [4.69, 9.17) is 0 Å². The Morgan fingerprint density at radius 1 is 0.966 bits per heavy atom. The van der Waals surface area contributed by atoms with E-state index in [1.54, 1.807) is 12.1 Å². The molecular formula is C20H17F3N6. The molecule has 0 aliphatic carbocycles. The molecule has 0 radical (unpaired) electrons. The minimum Gasteiger partial charge on any atom is -0.338 e. The number of rotatable bonds is 5. The van der Waals surface area contributed by atoms with E-state index in [-0.39, 0.29) is 23.5 Å². The van der Waals surface area contributed by atoms with Crippen LogP contribution < -0.4 is 5.32 Å². The fourth-order valence-electron chi connectivity index (χ4n) is 3.01. The molecule has 4 aromatic rings. The Kier molecular flexibility index (Phi) is 4.87. The van der Waals surface area contributed by atoms with Gasteiger partial charge in [0.05, 0.1) is 6.54 Å². The molecule has 0 amide bonds. The standard InChI is InChI=1S/C20H17F3N6/c1-2-14-10-6-7-11-15(14)24-17-16-18(26-19(25-17)20(21,22)23)29(28-27-16)12-13-8-4-3-5-9-13/h3-11H,2,12H2,1H3,(H,24,25,26). The van der Waals surface area contributed by atoms with E-state index in [0.29, 0.717) is 12.1 Å². The van der Waals surface area contributed by atoms with Crippen molar-refractivity contribution in [3.8, 4) is 0 Å². The fourth-order valence-corrected chi connectivity index (χ4v) is 3.01. The van der Waals surface area contributed by atoms with Gasteiger partial charge in [0.15, 0.2) is 17.0 Å². The average molecular weight is 398 g/mol. The summed E-state index contributed by atoms with van der Waals surface area (Å²) in [7, 11) is 0. The van der Waals surface area contributed by atoms with Crippen LogP contribution >= 0.6 is 0 Å². The molecule has 2 heterocycles. The van der Waals surface area contributed by atoms with Crippen LogP contribution in [-0.4, -0.2) is 25.0 Å². The molecule has 0 unspecified atom stereocenters. The van der Waals surface area contributed by atoms with Crippen LogP contribution in [0.5, 0.6) is 0 Å². The molecule has 2 aromatic heterocycles. The molecule has 0 bridgehead atoms. The maximum atomic E-state index is 13.4. The molecule has 1 N–H and O–H groups in total. The minimum absolute atomic E-state index is 0.0210. The summed E-state index contributed by atoms with van der Waals surface area (Å²) in [5.74, 6) is -1.26. The highest BCUT2D eigenvalue weighted by Crippen LogP contribution is 2.31. The van der Waals surface area contributed by atoms with Gasteiger partial charge in [-0.25, -0.2) is 14.6 Å². The summed E-state index contributed by atoms with van der Waals surface area (Å²) in [5, 5.41) is 11.1. The van der Waals surface area contributed by atoms with Crippen LogP contribution in [0.4, 0.5) is 24.7 Å². The lowest BCUT2D eigenvalue weighted by molar-refractivity contribution is -0.144. The monoisotopic (exact) mass is 398 g/mol. The van der Waals surface area contributed by atoms with Gasteiger partial charge in [-0.1, -0.05) is 60.7 Å². The number of fused-ring (bicyclic) bond motifs is 1. The Balaban J connectivity index is 1.83. The van der Waals surface area contributed by atoms with Gasteiger partial charge in [-0.2, -0.15) is 13.2 Å². The number of halogens is 3. The zero-order valence-corrected chi connectivity index (χ0v) is 15.5. The smallest absolute Gasteiger partial charge is 0.338 e. The van der Waals surface area contributed by atoms with Crippen molar-refractivity contribution in [1.82, 2.24) is 25.0 Å². The van der Waals surface area contributed by atoms with E-state index in [1.807, 2.05) is 49.4 Å². The van der Waals surface area contributed by atoms with Crippen molar-refractivity contribution in [1.29, 1.82) is 0 Å². The number of nitrogens with zero attached hydrogens (tertiary/aromatic N) is 5. The summed E-state index contributed by atoms with van der Waals surface area (Å²) in [6.45, 7) is 2.21. The van der Waals surface area contributed by atoms with E-state index in [1.165, 1.54) is 4.68 Å². The van der Waals surface area contributed by atoms with E-state index in [2.05, 4.69) is 25.6 Å². The first kappa shape index (κ1) is 18.9. The summed E-state index contributed by atoms with van der Waals surface area (Å²) in [5.41, 5.74) is 2.69. The summed E-state index contributed by atoms with van der Waals surface area (Å²) in [6.07, 6.45) is -3.99. The highest BCUT2D eigenvalue weighted by molar-refractivity contribution is 5.85. The number of benzene rings is 2. The predicted octanol–water partition coefficient (Wildman–Crippen LogP) is 4.59. The molecule has 9 heteroatoms. The van der Waals surface area contributed by atoms with E-state index < -0.39 is 12.0 Å². The number of aromatic nitrogens is 5. The third kappa shape index (κ3) is 3.89. The Labute approximate surface area is 164 Å². The zero-order valence-electron chi connectivity index (χ0n) is 15.5. The van der Waals surface area contributed by atoms with Crippen molar-refractivity contribution in [2.45, 2.75) is 26.1 Å². The Morgan fingerprint density at radius 2 is 1.69 bits per heavy atom. The van der Waals surface area contributed by atoms with Gasteiger partial charge in [0.25, 0.3) is 0 Å². The molecule has 0 saturated carbocycles. The summed E-state index contributed by atoms with van der Waals surface area (Å²) < 4.78 is 41.7. The summed E-state index contributed by atoms with van der Waals surface area (Å²) >= 11 is 0. The van der Waals surface area contributed by atoms with Gasteiger partial charge in [-0.05, 0) is 23.6 Å². The SMILES string of the molecule is CCc1ccccc1Nc1nc(C(F)(F)F)nc2c1nnn2Cc1ccccc1. The molecule has 4 rings (SSSR count). The first-order valence-corrected chi connectivity index (χ1v) is 9.03. The van der Waals surface area contributed by atoms with Gasteiger partial charge < -0.3 is 5.32 Å². The maximum absolute atomic E-state index is 13.4. The summed E-state index contributed by atoms with van der Waals surface area (Å²) in [4.78, 5) is 7.41. The van der Waals surface area contributed by atoms with Gasteiger partial charge in [0.1, 0.15) is 0 Å². The molecule has 0 saturated heterocycles. The van der Waals surface area contributed by atoms with Gasteiger partial charge in [-0.15, -0.1) is 5.10 Å². The molecular weight excluding hydrogens is 381 g/mol. The number of hydrogen-bond donors (Lipinski definition) is 1. The first-order valence-electron chi connectivity index (χ1n) is 9.03. The molecule has 0 atom stereocenters. The summed E-state index contributed by atoms with van der Waals surface area (Å²) in [6, 6.07) is 16.6. The molecule has 0 aliphatic heterocycles. The lowest BCUT2D eigenvalue weighted by atomic mass is 10.1. The molecule has 0 fully saturated rings. The minimum atomic E-state index is -4.70. The van der Waals surface area contributed by atoms with Crippen molar-refractivity contribution in [2.24, 2.45) is 0 Å². The van der Waals surface area contributed by atoms with E-state index in [9.17, 15) is 13.2 Å². The number of anilines is 2. The second-order valence-corrected chi connectivity index (χ2v) is 6.43. The van der Waals surface area contributed by atoms with Crippen molar-refractivity contribution in [2.75, 3.05) is 5.32 Å². The van der Waals surface area contributed by atoms with Crippen molar-refractivity contribution >= 4 is 22.7 Å².